The van der Waals surface area contributed by atoms with E-state index >= 15 is 0 Å². The Bertz CT molecular complexity index is 784. The zero-order chi connectivity index (χ0) is 17.0. The Kier molecular flexibility index (Phi) is 5.15. The minimum absolute atomic E-state index is 0.0547. The lowest BCUT2D eigenvalue weighted by Gasteiger charge is -2.14. The summed E-state index contributed by atoms with van der Waals surface area (Å²) in [4.78, 5) is 12.2. The lowest BCUT2D eigenvalue weighted by atomic mass is 10.1. The fourth-order valence-corrected chi connectivity index (χ4v) is 2.97. The summed E-state index contributed by atoms with van der Waals surface area (Å²) >= 11 is 0. The second-order valence-corrected chi connectivity index (χ2v) is 7.65. The number of carbonyl (C=O) groups excluding carboxylic acids is 1. The highest BCUT2D eigenvalue weighted by molar-refractivity contribution is 7.89. The number of halogens is 1. The number of nitrogens with one attached hydrogen (secondary N) is 1. The predicted octanol–water partition coefficient (Wildman–Crippen LogP) is 2.86. The van der Waals surface area contributed by atoms with Gasteiger partial charge in [0.25, 0.3) is 5.91 Å². The standard InChI is InChI=1S/C17H18FNO3S/c1-12(14-7-9-16(18)10-8-14)19-17(20)15-5-3-13(4-6-15)11-23(2,21)22/h3-10,12H,11H2,1-2H3,(H,19,20)/t12-/m0/s1. The Balaban J connectivity index is 2.04. The number of sulfone groups is 1. The molecule has 0 saturated carbocycles. The van der Waals surface area contributed by atoms with Crippen molar-refractivity contribution in [1.82, 2.24) is 5.32 Å². The van der Waals surface area contributed by atoms with Crippen LogP contribution in [-0.4, -0.2) is 20.6 Å². The van der Waals surface area contributed by atoms with Crippen LogP contribution in [0.4, 0.5) is 4.39 Å². The van der Waals surface area contributed by atoms with E-state index in [-0.39, 0.29) is 23.5 Å². The van der Waals surface area contributed by atoms with Gasteiger partial charge in [-0.25, -0.2) is 12.8 Å². The second-order valence-electron chi connectivity index (χ2n) is 5.51. The van der Waals surface area contributed by atoms with Gasteiger partial charge in [0.05, 0.1) is 11.8 Å². The molecule has 0 fully saturated rings. The average Bonchev–Trinajstić information content (AvgIpc) is 2.46. The van der Waals surface area contributed by atoms with Crippen LogP contribution < -0.4 is 5.32 Å². The van der Waals surface area contributed by atoms with Crippen LogP contribution in [0.2, 0.25) is 0 Å². The molecular weight excluding hydrogens is 317 g/mol. The molecule has 122 valence electrons. The molecule has 0 heterocycles. The normalized spacial score (nSPS) is 12.7. The molecule has 0 aliphatic rings. The van der Waals surface area contributed by atoms with E-state index in [0.29, 0.717) is 11.1 Å². The van der Waals surface area contributed by atoms with Gasteiger partial charge in [0.2, 0.25) is 0 Å². The maximum atomic E-state index is 12.9. The van der Waals surface area contributed by atoms with Gasteiger partial charge in [0.15, 0.2) is 9.84 Å². The molecule has 0 radical (unpaired) electrons. The van der Waals surface area contributed by atoms with Crippen LogP contribution in [0.1, 0.15) is 34.5 Å². The van der Waals surface area contributed by atoms with Crippen LogP contribution in [0.15, 0.2) is 48.5 Å². The van der Waals surface area contributed by atoms with E-state index in [1.807, 2.05) is 6.92 Å². The van der Waals surface area contributed by atoms with E-state index in [1.165, 1.54) is 12.1 Å². The summed E-state index contributed by atoms with van der Waals surface area (Å²) in [6.45, 7) is 1.81. The summed E-state index contributed by atoms with van der Waals surface area (Å²) in [6.07, 6.45) is 1.16. The largest absolute Gasteiger partial charge is 0.346 e. The molecule has 2 aromatic carbocycles. The second kappa shape index (κ2) is 6.91. The van der Waals surface area contributed by atoms with E-state index in [0.717, 1.165) is 11.8 Å². The van der Waals surface area contributed by atoms with Crippen molar-refractivity contribution in [2.45, 2.75) is 18.7 Å². The summed E-state index contributed by atoms with van der Waals surface area (Å²) < 4.78 is 35.4. The number of hydrogen-bond donors (Lipinski definition) is 1. The highest BCUT2D eigenvalue weighted by Gasteiger charge is 2.12. The van der Waals surface area contributed by atoms with E-state index in [9.17, 15) is 17.6 Å². The summed E-state index contributed by atoms with van der Waals surface area (Å²) in [5.74, 6) is -0.651. The van der Waals surface area contributed by atoms with Crippen molar-refractivity contribution in [2.75, 3.05) is 6.26 Å². The molecule has 6 heteroatoms. The molecule has 2 rings (SSSR count). The molecule has 0 aliphatic heterocycles. The van der Waals surface area contributed by atoms with Crippen LogP contribution in [0.3, 0.4) is 0 Å². The van der Waals surface area contributed by atoms with E-state index in [4.69, 9.17) is 0 Å². The number of carbonyl (C=O) groups is 1. The average molecular weight is 335 g/mol. The summed E-state index contributed by atoms with van der Waals surface area (Å²) in [5, 5.41) is 2.82. The van der Waals surface area contributed by atoms with Crippen molar-refractivity contribution in [3.8, 4) is 0 Å². The van der Waals surface area contributed by atoms with E-state index in [1.54, 1.807) is 36.4 Å². The van der Waals surface area contributed by atoms with Crippen molar-refractivity contribution in [3.05, 3.63) is 71.0 Å². The first-order chi connectivity index (χ1) is 10.7. The van der Waals surface area contributed by atoms with Crippen molar-refractivity contribution in [3.63, 3.8) is 0 Å². The Morgan fingerprint density at radius 2 is 1.65 bits per heavy atom. The first-order valence-corrected chi connectivity index (χ1v) is 9.13. The monoisotopic (exact) mass is 335 g/mol. The van der Waals surface area contributed by atoms with Gasteiger partial charge in [-0.15, -0.1) is 0 Å². The maximum absolute atomic E-state index is 12.9. The third-order valence-corrected chi connectivity index (χ3v) is 4.22. The van der Waals surface area contributed by atoms with Gasteiger partial charge in [0, 0.05) is 11.8 Å². The molecule has 1 N–H and O–H groups in total. The Labute approximate surface area is 135 Å². The Hall–Kier alpha value is -2.21. The Morgan fingerprint density at radius 3 is 2.17 bits per heavy atom. The molecule has 23 heavy (non-hydrogen) atoms. The molecule has 0 aromatic heterocycles. The van der Waals surface area contributed by atoms with Crippen LogP contribution in [0.25, 0.3) is 0 Å². The van der Waals surface area contributed by atoms with Gasteiger partial charge in [0.1, 0.15) is 5.82 Å². The van der Waals surface area contributed by atoms with Crippen molar-refractivity contribution in [2.24, 2.45) is 0 Å². The molecule has 1 atom stereocenters. The number of benzene rings is 2. The third kappa shape index (κ3) is 5.17. The lowest BCUT2D eigenvalue weighted by molar-refractivity contribution is 0.0940. The molecule has 2 aromatic rings. The SMILES string of the molecule is C[C@H](NC(=O)c1ccc(CS(C)(=O)=O)cc1)c1ccc(F)cc1. The van der Waals surface area contributed by atoms with Gasteiger partial charge in [-0.05, 0) is 42.3 Å². The van der Waals surface area contributed by atoms with Gasteiger partial charge >= 0.3 is 0 Å². The van der Waals surface area contributed by atoms with Crippen LogP contribution >= 0.6 is 0 Å². The van der Waals surface area contributed by atoms with Gasteiger partial charge in [-0.2, -0.15) is 0 Å². The summed E-state index contributed by atoms with van der Waals surface area (Å²) in [5.41, 5.74) is 1.88. The highest BCUT2D eigenvalue weighted by atomic mass is 32.2. The predicted molar refractivity (Wildman–Crippen MR) is 87.3 cm³/mol. The molecular formula is C17H18FNO3S. The molecule has 0 unspecified atom stereocenters. The topological polar surface area (TPSA) is 63.2 Å². The zero-order valence-corrected chi connectivity index (χ0v) is 13.7. The van der Waals surface area contributed by atoms with Crippen LogP contribution in [0.5, 0.6) is 0 Å². The van der Waals surface area contributed by atoms with Gasteiger partial charge < -0.3 is 5.32 Å². The Morgan fingerprint density at radius 1 is 1.09 bits per heavy atom. The fraction of sp³-hybridized carbons (Fsp3) is 0.235. The first kappa shape index (κ1) is 17.1. The zero-order valence-electron chi connectivity index (χ0n) is 12.9. The van der Waals surface area contributed by atoms with Gasteiger partial charge in [-0.1, -0.05) is 24.3 Å². The smallest absolute Gasteiger partial charge is 0.251 e. The first-order valence-electron chi connectivity index (χ1n) is 7.07. The van der Waals surface area contributed by atoms with E-state index in [2.05, 4.69) is 5.32 Å². The van der Waals surface area contributed by atoms with Crippen molar-refractivity contribution >= 4 is 15.7 Å². The minimum atomic E-state index is -3.10. The molecule has 0 spiro atoms. The summed E-state index contributed by atoms with van der Waals surface area (Å²) in [7, 11) is -3.10. The quantitative estimate of drug-likeness (QED) is 0.914. The molecule has 0 bridgehead atoms. The number of rotatable bonds is 5. The molecule has 1 amide bonds. The highest BCUT2D eigenvalue weighted by Crippen LogP contribution is 2.14. The van der Waals surface area contributed by atoms with Crippen LogP contribution in [-0.2, 0) is 15.6 Å². The third-order valence-electron chi connectivity index (χ3n) is 3.36. The number of hydrogen-bond acceptors (Lipinski definition) is 3. The molecule has 0 saturated heterocycles. The fourth-order valence-electron chi connectivity index (χ4n) is 2.17. The van der Waals surface area contributed by atoms with Crippen molar-refractivity contribution in [1.29, 1.82) is 0 Å². The molecule has 4 nitrogen and oxygen atoms in total. The van der Waals surface area contributed by atoms with Crippen LogP contribution in [0, 0.1) is 5.82 Å². The minimum Gasteiger partial charge on any atom is -0.346 e. The summed E-state index contributed by atoms with van der Waals surface area (Å²) in [6, 6.07) is 12.1. The van der Waals surface area contributed by atoms with E-state index < -0.39 is 9.84 Å². The van der Waals surface area contributed by atoms with Crippen molar-refractivity contribution < 1.29 is 17.6 Å². The molecule has 0 aliphatic carbocycles. The van der Waals surface area contributed by atoms with Gasteiger partial charge in [-0.3, -0.25) is 4.79 Å². The maximum Gasteiger partial charge on any atom is 0.251 e. The lowest BCUT2D eigenvalue weighted by Crippen LogP contribution is -2.26. The number of amides is 1.